The molecular formula is C21H21ClN2O3. The van der Waals surface area contributed by atoms with Crippen molar-refractivity contribution in [2.24, 2.45) is 5.92 Å². The maximum absolute atomic E-state index is 12.5. The third kappa shape index (κ3) is 4.74. The lowest BCUT2D eigenvalue weighted by Gasteiger charge is -2.31. The number of anilines is 1. The first kappa shape index (κ1) is 19.1. The van der Waals surface area contributed by atoms with Crippen molar-refractivity contribution in [3.63, 3.8) is 0 Å². The van der Waals surface area contributed by atoms with E-state index in [1.54, 1.807) is 53.4 Å². The maximum atomic E-state index is 12.5. The van der Waals surface area contributed by atoms with Gasteiger partial charge in [-0.05, 0) is 62.2 Å². The number of hydrogen-bond donors (Lipinski definition) is 1. The van der Waals surface area contributed by atoms with Crippen molar-refractivity contribution < 1.29 is 14.4 Å². The second-order valence-electron chi connectivity index (χ2n) is 6.70. The predicted octanol–water partition coefficient (Wildman–Crippen LogP) is 4.03. The molecule has 1 fully saturated rings. The summed E-state index contributed by atoms with van der Waals surface area (Å²) in [6.45, 7) is 2.57. The van der Waals surface area contributed by atoms with Gasteiger partial charge in [0.1, 0.15) is 0 Å². The van der Waals surface area contributed by atoms with E-state index in [2.05, 4.69) is 5.32 Å². The van der Waals surface area contributed by atoms with E-state index < -0.39 is 0 Å². The number of piperidine rings is 1. The van der Waals surface area contributed by atoms with Gasteiger partial charge in [-0.1, -0.05) is 17.7 Å². The van der Waals surface area contributed by atoms with Crippen LogP contribution in [0.2, 0.25) is 5.02 Å². The molecule has 2 amide bonds. The van der Waals surface area contributed by atoms with Gasteiger partial charge in [-0.2, -0.15) is 0 Å². The first-order valence-corrected chi connectivity index (χ1v) is 9.28. The second kappa shape index (κ2) is 8.35. The highest BCUT2D eigenvalue weighted by Gasteiger charge is 2.28. The summed E-state index contributed by atoms with van der Waals surface area (Å²) in [5, 5.41) is 3.42. The topological polar surface area (TPSA) is 66.5 Å². The van der Waals surface area contributed by atoms with Crippen LogP contribution in [-0.2, 0) is 4.79 Å². The minimum Gasteiger partial charge on any atom is -0.339 e. The van der Waals surface area contributed by atoms with Crippen molar-refractivity contribution in [2.45, 2.75) is 19.8 Å². The van der Waals surface area contributed by atoms with Crippen molar-refractivity contribution in [2.75, 3.05) is 18.4 Å². The van der Waals surface area contributed by atoms with Gasteiger partial charge >= 0.3 is 0 Å². The normalized spacial score (nSPS) is 14.7. The largest absolute Gasteiger partial charge is 0.339 e. The molecule has 0 spiro atoms. The molecule has 3 rings (SSSR count). The van der Waals surface area contributed by atoms with E-state index >= 15 is 0 Å². The number of nitrogens with one attached hydrogen (secondary N) is 1. The molecule has 5 nitrogen and oxygen atoms in total. The zero-order valence-electron chi connectivity index (χ0n) is 15.1. The number of likely N-dealkylation sites (tertiary alicyclic amines) is 1. The lowest BCUT2D eigenvalue weighted by molar-refractivity contribution is -0.121. The van der Waals surface area contributed by atoms with Crippen molar-refractivity contribution in [3.05, 3.63) is 64.7 Å². The van der Waals surface area contributed by atoms with Crippen LogP contribution in [-0.4, -0.2) is 35.6 Å². The summed E-state index contributed by atoms with van der Waals surface area (Å²) >= 11 is 5.95. The number of ketones is 1. The van der Waals surface area contributed by atoms with Crippen LogP contribution in [0.15, 0.2) is 48.5 Å². The SMILES string of the molecule is CC(=O)c1ccc(NC(=O)C2CCN(C(=O)c3cccc(Cl)c3)CC2)cc1. The van der Waals surface area contributed by atoms with E-state index in [1.165, 1.54) is 6.92 Å². The smallest absolute Gasteiger partial charge is 0.253 e. The van der Waals surface area contributed by atoms with E-state index in [4.69, 9.17) is 11.6 Å². The lowest BCUT2D eigenvalue weighted by atomic mass is 9.95. The average Bonchev–Trinajstić information content (AvgIpc) is 2.68. The molecule has 0 unspecified atom stereocenters. The molecular weight excluding hydrogens is 364 g/mol. The zero-order chi connectivity index (χ0) is 19.4. The van der Waals surface area contributed by atoms with Crippen LogP contribution in [0.1, 0.15) is 40.5 Å². The number of carbonyl (C=O) groups excluding carboxylic acids is 3. The van der Waals surface area contributed by atoms with Crippen LogP contribution in [0.4, 0.5) is 5.69 Å². The number of rotatable bonds is 4. The lowest BCUT2D eigenvalue weighted by Crippen LogP contribution is -2.41. The fourth-order valence-electron chi connectivity index (χ4n) is 3.18. The van der Waals surface area contributed by atoms with Crippen molar-refractivity contribution >= 4 is 34.9 Å². The quantitative estimate of drug-likeness (QED) is 0.809. The number of benzene rings is 2. The Bertz CT molecular complexity index is 856. The van der Waals surface area contributed by atoms with E-state index in [0.717, 1.165) is 0 Å². The van der Waals surface area contributed by atoms with Crippen molar-refractivity contribution in [3.8, 4) is 0 Å². The molecule has 27 heavy (non-hydrogen) atoms. The number of carbonyl (C=O) groups is 3. The molecule has 6 heteroatoms. The zero-order valence-corrected chi connectivity index (χ0v) is 15.8. The monoisotopic (exact) mass is 384 g/mol. The van der Waals surface area contributed by atoms with E-state index in [1.807, 2.05) is 0 Å². The van der Waals surface area contributed by atoms with Gasteiger partial charge < -0.3 is 10.2 Å². The second-order valence-corrected chi connectivity index (χ2v) is 7.14. The molecule has 1 aliphatic heterocycles. The molecule has 1 aliphatic rings. The van der Waals surface area contributed by atoms with Gasteiger partial charge in [0.25, 0.3) is 5.91 Å². The highest BCUT2D eigenvalue weighted by atomic mass is 35.5. The molecule has 0 bridgehead atoms. The Morgan fingerprint density at radius 2 is 1.67 bits per heavy atom. The summed E-state index contributed by atoms with van der Waals surface area (Å²) < 4.78 is 0. The molecule has 1 heterocycles. The minimum absolute atomic E-state index is 0.00961. The number of amides is 2. The van der Waals surface area contributed by atoms with Crippen LogP contribution in [0.3, 0.4) is 0 Å². The summed E-state index contributed by atoms with van der Waals surface area (Å²) in [6, 6.07) is 13.8. The third-order valence-corrected chi connectivity index (χ3v) is 5.02. The van der Waals surface area contributed by atoms with Crippen LogP contribution in [0.25, 0.3) is 0 Å². The van der Waals surface area contributed by atoms with Gasteiger partial charge in [0, 0.05) is 40.8 Å². The summed E-state index contributed by atoms with van der Waals surface area (Å²) in [7, 11) is 0. The molecule has 2 aromatic rings. The molecule has 2 aromatic carbocycles. The first-order valence-electron chi connectivity index (χ1n) is 8.91. The Morgan fingerprint density at radius 3 is 2.26 bits per heavy atom. The van der Waals surface area contributed by atoms with Gasteiger partial charge in [0.15, 0.2) is 5.78 Å². The first-order chi connectivity index (χ1) is 12.9. The molecule has 0 aromatic heterocycles. The van der Waals surface area contributed by atoms with Gasteiger partial charge in [-0.3, -0.25) is 14.4 Å². The average molecular weight is 385 g/mol. The molecule has 0 radical (unpaired) electrons. The Labute approximate surface area is 163 Å². The fourth-order valence-corrected chi connectivity index (χ4v) is 3.37. The summed E-state index contributed by atoms with van der Waals surface area (Å²) in [4.78, 5) is 38.1. The van der Waals surface area contributed by atoms with E-state index in [-0.39, 0.29) is 23.5 Å². The number of nitrogens with zero attached hydrogens (tertiary/aromatic N) is 1. The van der Waals surface area contributed by atoms with Crippen LogP contribution in [0.5, 0.6) is 0 Å². The highest BCUT2D eigenvalue weighted by Crippen LogP contribution is 2.22. The third-order valence-electron chi connectivity index (χ3n) is 4.78. The Kier molecular flexibility index (Phi) is 5.91. The molecule has 140 valence electrons. The van der Waals surface area contributed by atoms with Crippen LogP contribution < -0.4 is 5.32 Å². The van der Waals surface area contributed by atoms with Crippen molar-refractivity contribution in [1.82, 2.24) is 4.90 Å². The number of hydrogen-bond acceptors (Lipinski definition) is 3. The Hall–Kier alpha value is -2.66. The standard InChI is InChI=1S/C21H21ClN2O3/c1-14(25)15-5-7-19(8-6-15)23-20(26)16-9-11-24(12-10-16)21(27)17-3-2-4-18(22)13-17/h2-8,13,16H,9-12H2,1H3,(H,23,26). The van der Waals surface area contributed by atoms with E-state index in [0.29, 0.717) is 47.8 Å². The molecule has 1 N–H and O–H groups in total. The molecule has 1 saturated heterocycles. The summed E-state index contributed by atoms with van der Waals surface area (Å²) in [5.74, 6) is -0.262. The molecule has 0 aliphatic carbocycles. The predicted molar refractivity (Wildman–Crippen MR) is 105 cm³/mol. The minimum atomic E-state index is -0.138. The van der Waals surface area contributed by atoms with E-state index in [9.17, 15) is 14.4 Å². The Morgan fingerprint density at radius 1 is 1.00 bits per heavy atom. The van der Waals surface area contributed by atoms with Gasteiger partial charge in [0.05, 0.1) is 0 Å². The maximum Gasteiger partial charge on any atom is 0.253 e. The van der Waals surface area contributed by atoms with Gasteiger partial charge in [0.2, 0.25) is 5.91 Å². The molecule has 0 saturated carbocycles. The van der Waals surface area contributed by atoms with Crippen LogP contribution >= 0.6 is 11.6 Å². The Balaban J connectivity index is 1.54. The fraction of sp³-hybridized carbons (Fsp3) is 0.286. The summed E-state index contributed by atoms with van der Waals surface area (Å²) in [6.07, 6.45) is 1.23. The van der Waals surface area contributed by atoms with Gasteiger partial charge in [-0.25, -0.2) is 0 Å². The van der Waals surface area contributed by atoms with Crippen molar-refractivity contribution in [1.29, 1.82) is 0 Å². The molecule has 0 atom stereocenters. The number of halogens is 1. The van der Waals surface area contributed by atoms with Gasteiger partial charge in [-0.15, -0.1) is 0 Å². The number of Topliss-reactive ketones (excluding diaryl/α,β-unsaturated/α-hetero) is 1. The highest BCUT2D eigenvalue weighted by molar-refractivity contribution is 6.30. The summed E-state index contributed by atoms with van der Waals surface area (Å²) in [5.41, 5.74) is 1.85. The van der Waals surface area contributed by atoms with Crippen LogP contribution in [0, 0.1) is 5.92 Å².